The van der Waals surface area contributed by atoms with Gasteiger partial charge in [-0.25, -0.2) is 0 Å². The van der Waals surface area contributed by atoms with E-state index in [-0.39, 0.29) is 15.0 Å². The monoisotopic (exact) mass is 501 g/mol. The third-order valence-corrected chi connectivity index (χ3v) is 7.31. The topological polar surface area (TPSA) is 42.3 Å². The summed E-state index contributed by atoms with van der Waals surface area (Å²) in [6, 6.07) is 26.7. The molecule has 0 atom stereocenters. The zero-order chi connectivity index (χ0) is 23.0. The number of hydrogen-bond donors (Lipinski definition) is 1. The number of rotatable bonds is 8. The fourth-order valence-corrected chi connectivity index (χ4v) is 5.80. The van der Waals surface area contributed by atoms with Gasteiger partial charge in [0, 0.05) is 0 Å². The first-order chi connectivity index (χ1) is 16.2. The Morgan fingerprint density at radius 1 is 0.788 bits per heavy atom. The van der Waals surface area contributed by atoms with Gasteiger partial charge in [-0.15, -0.1) is 0 Å². The quantitative estimate of drug-likeness (QED) is 0.281. The van der Waals surface area contributed by atoms with Gasteiger partial charge in [0.1, 0.15) is 0 Å². The second-order valence-corrected chi connectivity index (χ2v) is 9.77. The first-order valence-corrected chi connectivity index (χ1v) is 12.8. The number of allylic oxidation sites excluding steroid dienone is 5. The third-order valence-electron chi connectivity index (χ3n) is 5.12. The van der Waals surface area contributed by atoms with E-state index in [1.807, 2.05) is 50.3 Å². The van der Waals surface area contributed by atoms with Crippen LogP contribution in [0.2, 0.25) is 0 Å². The van der Waals surface area contributed by atoms with Crippen LogP contribution in [0, 0.1) is 5.41 Å². The van der Waals surface area contributed by atoms with E-state index in [0.717, 1.165) is 5.56 Å². The van der Waals surface area contributed by atoms with Crippen LogP contribution < -0.4 is 9.47 Å². The van der Waals surface area contributed by atoms with Crippen LogP contribution in [0.5, 0.6) is 11.5 Å². The SMILES string of the molecule is CCOc1ccc(C(=N)C=C2C=C(c3ccccc3)C=C(c3ccccc3)[Se]2)cc1OCC. The number of ether oxygens (including phenoxy) is 2. The Bertz CT molecular complexity index is 1210. The standard InChI is InChI=1S/C29H27NO2Se/c1-3-31-27-16-15-23(18-28(27)32-4-2)26(30)20-25-17-24(21-11-7-5-8-12-21)19-29(33-25)22-13-9-6-10-14-22/h5-20,30H,3-4H2,1-2H3. The van der Waals surface area contributed by atoms with E-state index < -0.39 is 0 Å². The summed E-state index contributed by atoms with van der Waals surface area (Å²) in [6.07, 6.45) is 6.49. The molecule has 0 spiro atoms. The van der Waals surface area contributed by atoms with Gasteiger partial charge in [0.05, 0.1) is 0 Å². The van der Waals surface area contributed by atoms with Gasteiger partial charge in [-0.1, -0.05) is 0 Å². The number of hydrogen-bond acceptors (Lipinski definition) is 3. The minimum absolute atomic E-state index is 0.0972. The predicted octanol–water partition coefficient (Wildman–Crippen LogP) is 6.58. The summed E-state index contributed by atoms with van der Waals surface area (Å²) in [5.41, 5.74) is 4.86. The zero-order valence-corrected chi connectivity index (χ0v) is 20.6. The van der Waals surface area contributed by atoms with Gasteiger partial charge < -0.3 is 0 Å². The first kappa shape index (κ1) is 22.8. The summed E-state index contributed by atoms with van der Waals surface area (Å²) in [6.45, 7) is 5.03. The van der Waals surface area contributed by atoms with Crippen LogP contribution in [0.4, 0.5) is 0 Å². The van der Waals surface area contributed by atoms with Gasteiger partial charge in [-0.3, -0.25) is 0 Å². The molecule has 3 aromatic rings. The van der Waals surface area contributed by atoms with Crippen molar-refractivity contribution >= 4 is 30.7 Å². The maximum atomic E-state index is 8.80. The van der Waals surface area contributed by atoms with Crippen molar-refractivity contribution in [2.24, 2.45) is 0 Å². The summed E-state index contributed by atoms with van der Waals surface area (Å²) in [7, 11) is 0. The Hall–Kier alpha value is -3.33. The molecule has 33 heavy (non-hydrogen) atoms. The molecular formula is C29H27NO2Se. The van der Waals surface area contributed by atoms with Crippen molar-refractivity contribution in [3.8, 4) is 11.5 Å². The maximum absolute atomic E-state index is 8.80. The van der Waals surface area contributed by atoms with E-state index in [0.29, 0.717) is 30.4 Å². The molecule has 1 N–H and O–H groups in total. The second-order valence-electron chi connectivity index (χ2n) is 7.43. The number of nitrogens with one attached hydrogen (secondary N) is 1. The minimum atomic E-state index is 0.0972. The molecule has 0 radical (unpaired) electrons. The normalized spacial score (nSPS) is 14.4. The second kappa shape index (κ2) is 11.0. The van der Waals surface area contributed by atoms with Gasteiger partial charge in [0.15, 0.2) is 0 Å². The molecule has 4 heteroatoms. The Labute approximate surface area is 202 Å². The Kier molecular flexibility index (Phi) is 7.62. The molecule has 0 bridgehead atoms. The van der Waals surface area contributed by atoms with Crippen molar-refractivity contribution in [3.63, 3.8) is 0 Å². The summed E-state index contributed by atoms with van der Waals surface area (Å²) >= 11 is 0.0972. The van der Waals surface area contributed by atoms with E-state index in [2.05, 4.69) is 60.7 Å². The molecule has 1 heterocycles. The van der Waals surface area contributed by atoms with Crippen molar-refractivity contribution in [2.75, 3.05) is 13.2 Å². The van der Waals surface area contributed by atoms with Crippen molar-refractivity contribution in [1.82, 2.24) is 0 Å². The fourth-order valence-electron chi connectivity index (χ4n) is 3.58. The fraction of sp³-hybridized carbons (Fsp3) is 0.138. The van der Waals surface area contributed by atoms with Gasteiger partial charge in [0.2, 0.25) is 0 Å². The molecule has 4 rings (SSSR count). The van der Waals surface area contributed by atoms with Gasteiger partial charge in [-0.05, 0) is 0 Å². The van der Waals surface area contributed by atoms with Crippen LogP contribution in [-0.2, 0) is 0 Å². The Balaban J connectivity index is 1.69. The van der Waals surface area contributed by atoms with Crippen molar-refractivity contribution in [3.05, 3.63) is 118 Å². The molecule has 0 aliphatic carbocycles. The summed E-state index contributed by atoms with van der Waals surface area (Å²) in [5, 5.41) is 8.80. The van der Waals surface area contributed by atoms with Crippen LogP contribution in [-0.4, -0.2) is 33.9 Å². The van der Waals surface area contributed by atoms with Gasteiger partial charge >= 0.3 is 202 Å². The molecule has 0 saturated carbocycles. The van der Waals surface area contributed by atoms with E-state index >= 15 is 0 Å². The molecule has 3 aromatic carbocycles. The van der Waals surface area contributed by atoms with Crippen LogP contribution in [0.1, 0.15) is 30.5 Å². The average Bonchev–Trinajstić information content (AvgIpc) is 2.86. The van der Waals surface area contributed by atoms with E-state index in [1.165, 1.54) is 25.6 Å². The van der Waals surface area contributed by atoms with Crippen LogP contribution in [0.15, 0.2) is 102 Å². The summed E-state index contributed by atoms with van der Waals surface area (Å²) in [5.74, 6) is 1.39. The molecule has 0 aromatic heterocycles. The van der Waals surface area contributed by atoms with E-state index in [4.69, 9.17) is 14.9 Å². The van der Waals surface area contributed by atoms with Crippen molar-refractivity contribution in [1.29, 1.82) is 5.41 Å². The molecule has 1 aliphatic rings. The summed E-state index contributed by atoms with van der Waals surface area (Å²) < 4.78 is 13.9. The van der Waals surface area contributed by atoms with Crippen LogP contribution in [0.25, 0.3) is 10.0 Å². The molecule has 0 fully saturated rings. The third kappa shape index (κ3) is 5.73. The van der Waals surface area contributed by atoms with Crippen molar-refractivity contribution in [2.45, 2.75) is 13.8 Å². The predicted molar refractivity (Wildman–Crippen MR) is 138 cm³/mol. The molecule has 0 amide bonds. The molecule has 1 aliphatic heterocycles. The van der Waals surface area contributed by atoms with Crippen molar-refractivity contribution < 1.29 is 9.47 Å². The van der Waals surface area contributed by atoms with Crippen LogP contribution in [0.3, 0.4) is 0 Å². The molecular weight excluding hydrogens is 473 g/mol. The zero-order valence-electron chi connectivity index (χ0n) is 18.9. The molecule has 0 saturated heterocycles. The molecule has 3 nitrogen and oxygen atoms in total. The van der Waals surface area contributed by atoms with E-state index in [1.54, 1.807) is 0 Å². The van der Waals surface area contributed by atoms with Gasteiger partial charge in [0.25, 0.3) is 0 Å². The molecule has 166 valence electrons. The van der Waals surface area contributed by atoms with E-state index in [9.17, 15) is 0 Å². The Morgan fingerprint density at radius 2 is 1.42 bits per heavy atom. The summed E-state index contributed by atoms with van der Waals surface area (Å²) in [4.78, 5) is 0. The number of benzene rings is 3. The van der Waals surface area contributed by atoms with Gasteiger partial charge in [-0.2, -0.15) is 0 Å². The first-order valence-electron chi connectivity index (χ1n) is 11.1. The Morgan fingerprint density at radius 3 is 2.09 bits per heavy atom. The molecule has 0 unspecified atom stereocenters. The van der Waals surface area contributed by atoms with Crippen LogP contribution >= 0.6 is 0 Å². The average molecular weight is 501 g/mol.